The number of amides is 1. The molecule has 1 heterocycles. The SMILES string of the molecule is O=C(Cc1ccccc1[N+](=O)[O-])Nc1nnc(SCc2ccccc2)s1. The van der Waals surface area contributed by atoms with Gasteiger partial charge in [-0.25, -0.2) is 0 Å². The number of hydrogen-bond acceptors (Lipinski definition) is 7. The summed E-state index contributed by atoms with van der Waals surface area (Å²) < 4.78 is 0.745. The van der Waals surface area contributed by atoms with Crippen molar-refractivity contribution in [2.24, 2.45) is 0 Å². The van der Waals surface area contributed by atoms with E-state index in [1.807, 2.05) is 30.3 Å². The lowest BCUT2D eigenvalue weighted by molar-refractivity contribution is -0.385. The predicted molar refractivity (Wildman–Crippen MR) is 101 cm³/mol. The van der Waals surface area contributed by atoms with Crippen LogP contribution in [0, 0.1) is 10.1 Å². The van der Waals surface area contributed by atoms with E-state index in [1.165, 1.54) is 34.7 Å². The molecule has 0 aliphatic heterocycles. The largest absolute Gasteiger partial charge is 0.300 e. The van der Waals surface area contributed by atoms with E-state index < -0.39 is 4.92 Å². The number of benzene rings is 2. The average Bonchev–Trinajstić information content (AvgIpc) is 3.08. The van der Waals surface area contributed by atoms with Crippen molar-refractivity contribution in [3.8, 4) is 0 Å². The number of nitro groups is 1. The summed E-state index contributed by atoms with van der Waals surface area (Å²) in [6, 6.07) is 16.2. The van der Waals surface area contributed by atoms with Gasteiger partial charge in [0.05, 0.1) is 11.3 Å². The van der Waals surface area contributed by atoms with Crippen LogP contribution in [0.3, 0.4) is 0 Å². The first kappa shape index (κ1) is 18.0. The van der Waals surface area contributed by atoms with E-state index in [0.29, 0.717) is 10.7 Å². The number of para-hydroxylation sites is 1. The van der Waals surface area contributed by atoms with Crippen molar-refractivity contribution >= 4 is 39.8 Å². The van der Waals surface area contributed by atoms with Gasteiger partial charge in [0, 0.05) is 17.4 Å². The highest BCUT2D eigenvalue weighted by Crippen LogP contribution is 2.28. The van der Waals surface area contributed by atoms with Gasteiger partial charge in [0.1, 0.15) is 0 Å². The second kappa shape index (κ2) is 8.54. The maximum Gasteiger partial charge on any atom is 0.273 e. The maximum absolute atomic E-state index is 12.1. The number of aromatic nitrogens is 2. The summed E-state index contributed by atoms with van der Waals surface area (Å²) in [5.74, 6) is 0.398. The molecule has 9 heteroatoms. The smallest absolute Gasteiger partial charge is 0.273 e. The van der Waals surface area contributed by atoms with Crippen LogP contribution in [0.2, 0.25) is 0 Å². The summed E-state index contributed by atoms with van der Waals surface area (Å²) in [5.41, 5.74) is 1.46. The summed E-state index contributed by atoms with van der Waals surface area (Å²) in [6.07, 6.45) is -0.0940. The Morgan fingerprint density at radius 2 is 1.85 bits per heavy atom. The Morgan fingerprint density at radius 3 is 2.62 bits per heavy atom. The van der Waals surface area contributed by atoms with Crippen LogP contribution in [0.5, 0.6) is 0 Å². The molecule has 0 saturated carbocycles. The topological polar surface area (TPSA) is 98.0 Å². The Morgan fingerprint density at radius 1 is 1.12 bits per heavy atom. The molecule has 0 unspecified atom stereocenters. The number of nitrogens with zero attached hydrogens (tertiary/aromatic N) is 3. The molecule has 0 fully saturated rings. The third-order valence-electron chi connectivity index (χ3n) is 3.40. The fourth-order valence-corrected chi connectivity index (χ4v) is 3.94. The third-order valence-corrected chi connectivity index (χ3v) is 5.44. The van der Waals surface area contributed by atoms with Crippen LogP contribution < -0.4 is 5.32 Å². The molecule has 1 N–H and O–H groups in total. The number of rotatable bonds is 7. The molecule has 3 aromatic rings. The first-order valence-corrected chi connectivity index (χ1v) is 9.44. The van der Waals surface area contributed by atoms with Gasteiger partial charge in [-0.05, 0) is 5.56 Å². The van der Waals surface area contributed by atoms with Crippen molar-refractivity contribution in [1.29, 1.82) is 0 Å². The van der Waals surface area contributed by atoms with E-state index in [1.54, 1.807) is 18.2 Å². The molecular formula is C17H14N4O3S2. The molecule has 0 aliphatic rings. The maximum atomic E-state index is 12.1. The zero-order chi connectivity index (χ0) is 18.4. The number of carbonyl (C=O) groups is 1. The summed E-state index contributed by atoms with van der Waals surface area (Å²) in [4.78, 5) is 22.7. The van der Waals surface area contributed by atoms with E-state index in [-0.39, 0.29) is 18.0 Å². The Bertz CT molecular complexity index is 915. The van der Waals surface area contributed by atoms with Crippen molar-refractivity contribution in [3.63, 3.8) is 0 Å². The molecule has 0 spiro atoms. The molecule has 2 aromatic carbocycles. The number of thioether (sulfide) groups is 1. The molecule has 0 aliphatic carbocycles. The van der Waals surface area contributed by atoms with Crippen LogP contribution in [0.25, 0.3) is 0 Å². The number of carbonyl (C=O) groups excluding carboxylic acids is 1. The molecule has 7 nitrogen and oxygen atoms in total. The highest BCUT2D eigenvalue weighted by molar-refractivity contribution is 8.00. The van der Waals surface area contributed by atoms with E-state index in [4.69, 9.17) is 0 Å². The number of hydrogen-bond donors (Lipinski definition) is 1. The van der Waals surface area contributed by atoms with E-state index in [2.05, 4.69) is 15.5 Å². The van der Waals surface area contributed by atoms with Gasteiger partial charge in [-0.15, -0.1) is 10.2 Å². The van der Waals surface area contributed by atoms with Crippen molar-refractivity contribution in [1.82, 2.24) is 10.2 Å². The van der Waals surface area contributed by atoms with Gasteiger partial charge < -0.3 is 5.32 Å². The summed E-state index contributed by atoms with van der Waals surface area (Å²) >= 11 is 2.81. The summed E-state index contributed by atoms with van der Waals surface area (Å²) in [7, 11) is 0. The molecule has 1 aromatic heterocycles. The first-order valence-electron chi connectivity index (χ1n) is 7.64. The van der Waals surface area contributed by atoms with Crippen molar-refractivity contribution in [3.05, 3.63) is 75.8 Å². The number of nitrogens with one attached hydrogen (secondary N) is 1. The third kappa shape index (κ3) is 4.87. The fraction of sp³-hybridized carbons (Fsp3) is 0.118. The van der Waals surface area contributed by atoms with Gasteiger partial charge in [-0.2, -0.15) is 0 Å². The van der Waals surface area contributed by atoms with Crippen molar-refractivity contribution in [2.45, 2.75) is 16.5 Å². The minimum atomic E-state index is -0.494. The molecule has 0 radical (unpaired) electrons. The van der Waals surface area contributed by atoms with Crippen molar-refractivity contribution < 1.29 is 9.72 Å². The first-order chi connectivity index (χ1) is 12.6. The molecule has 0 atom stereocenters. The van der Waals surface area contributed by atoms with Gasteiger partial charge >= 0.3 is 0 Å². The Kier molecular flexibility index (Phi) is 5.92. The molecule has 0 saturated heterocycles. The molecule has 3 rings (SSSR count). The number of anilines is 1. The van der Waals surface area contributed by atoms with Gasteiger partial charge in [-0.1, -0.05) is 71.6 Å². The van der Waals surface area contributed by atoms with Crippen LogP contribution in [-0.4, -0.2) is 21.0 Å². The lowest BCUT2D eigenvalue weighted by Crippen LogP contribution is -2.15. The van der Waals surface area contributed by atoms with Crippen molar-refractivity contribution in [2.75, 3.05) is 5.32 Å². The molecule has 132 valence electrons. The highest BCUT2D eigenvalue weighted by Gasteiger charge is 2.16. The Balaban J connectivity index is 1.57. The highest BCUT2D eigenvalue weighted by atomic mass is 32.2. The van der Waals surface area contributed by atoms with E-state index in [0.717, 1.165) is 10.1 Å². The molecule has 26 heavy (non-hydrogen) atoms. The van der Waals surface area contributed by atoms with Crippen LogP contribution in [-0.2, 0) is 17.0 Å². The molecule has 0 bridgehead atoms. The summed E-state index contributed by atoms with van der Waals surface area (Å²) in [6.45, 7) is 0. The van der Waals surface area contributed by atoms with Crippen LogP contribution in [0.1, 0.15) is 11.1 Å². The standard InChI is InChI=1S/C17H14N4O3S2/c22-15(10-13-8-4-5-9-14(13)21(23)24)18-16-19-20-17(26-16)25-11-12-6-2-1-3-7-12/h1-9H,10-11H2,(H,18,19,22). The average molecular weight is 386 g/mol. The van der Waals surface area contributed by atoms with Gasteiger partial charge in [0.25, 0.3) is 5.69 Å². The normalized spacial score (nSPS) is 10.5. The quantitative estimate of drug-likeness (QED) is 0.286. The molecule has 1 amide bonds. The van der Waals surface area contributed by atoms with Crippen LogP contribution >= 0.6 is 23.1 Å². The summed E-state index contributed by atoms with van der Waals surface area (Å²) in [5, 5.41) is 22.0. The Hall–Kier alpha value is -2.78. The second-order valence-corrected chi connectivity index (χ2v) is 7.46. The minimum Gasteiger partial charge on any atom is -0.300 e. The zero-order valence-corrected chi connectivity index (χ0v) is 15.1. The number of nitro benzene ring substituents is 1. The lowest BCUT2D eigenvalue weighted by atomic mass is 10.1. The van der Waals surface area contributed by atoms with E-state index in [9.17, 15) is 14.9 Å². The lowest BCUT2D eigenvalue weighted by Gasteiger charge is -2.02. The second-order valence-electron chi connectivity index (χ2n) is 5.26. The van der Waals surface area contributed by atoms with Gasteiger partial charge in [0.15, 0.2) is 4.34 Å². The van der Waals surface area contributed by atoms with E-state index >= 15 is 0 Å². The monoisotopic (exact) mass is 386 g/mol. The minimum absolute atomic E-state index is 0.0704. The predicted octanol–water partition coefficient (Wildman–Crippen LogP) is 3.92. The molecular weight excluding hydrogens is 372 g/mol. The van der Waals surface area contributed by atoms with Gasteiger partial charge in [0.2, 0.25) is 11.0 Å². The van der Waals surface area contributed by atoms with Crippen LogP contribution in [0.4, 0.5) is 10.8 Å². The Labute approximate surface area is 157 Å². The zero-order valence-electron chi connectivity index (χ0n) is 13.5. The fourth-order valence-electron chi connectivity index (χ4n) is 2.21. The van der Waals surface area contributed by atoms with Crippen LogP contribution in [0.15, 0.2) is 58.9 Å². The van der Waals surface area contributed by atoms with Gasteiger partial charge in [-0.3, -0.25) is 14.9 Å².